The van der Waals surface area contributed by atoms with Crippen LogP contribution in [0, 0.1) is 5.41 Å². The molecule has 0 aromatic carbocycles. The van der Waals surface area contributed by atoms with E-state index in [1.54, 1.807) is 20.0 Å². The molecule has 0 bridgehead atoms. The first kappa shape index (κ1) is 20.1. The maximum atomic E-state index is 11.2. The molecule has 4 rings (SSSR count). The lowest BCUT2D eigenvalue weighted by atomic mass is 9.95. The third-order valence-corrected chi connectivity index (χ3v) is 5.39. The number of nitrogens with one attached hydrogen (secondary N) is 2. The van der Waals surface area contributed by atoms with Gasteiger partial charge in [0.05, 0.1) is 23.8 Å². The molecule has 3 aromatic heterocycles. The molecule has 0 amide bonds. The molecule has 0 radical (unpaired) electrons. The number of hydrogen-bond donors (Lipinski definition) is 3. The van der Waals surface area contributed by atoms with Gasteiger partial charge in [-0.05, 0) is 51.0 Å². The molecule has 3 N–H and O–H groups in total. The highest BCUT2D eigenvalue weighted by Gasteiger charge is 2.30. The van der Waals surface area contributed by atoms with Gasteiger partial charge in [0.25, 0.3) is 0 Å². The van der Waals surface area contributed by atoms with E-state index in [-0.39, 0.29) is 12.7 Å². The van der Waals surface area contributed by atoms with E-state index in [2.05, 4.69) is 30.0 Å². The maximum absolute atomic E-state index is 11.2. The van der Waals surface area contributed by atoms with Crippen LogP contribution >= 0.6 is 0 Å². The van der Waals surface area contributed by atoms with Gasteiger partial charge in [0, 0.05) is 31.0 Å². The number of carboxylic acids is 1. The molecule has 0 saturated carbocycles. The van der Waals surface area contributed by atoms with Crippen LogP contribution in [0.4, 0.5) is 5.82 Å². The molecule has 1 fully saturated rings. The number of carbonyl (C=O) groups is 1. The van der Waals surface area contributed by atoms with E-state index in [9.17, 15) is 9.90 Å². The Balaban J connectivity index is 1.33. The summed E-state index contributed by atoms with van der Waals surface area (Å²) in [5.74, 6) is 1.43. The Bertz CT molecular complexity index is 973. The van der Waals surface area contributed by atoms with E-state index >= 15 is 0 Å². The smallest absolute Gasteiger partial charge is 0.311 e. The van der Waals surface area contributed by atoms with Crippen molar-refractivity contribution in [2.24, 2.45) is 5.41 Å². The Hall–Kier alpha value is -3.20. The zero-order valence-corrected chi connectivity index (χ0v) is 17.1. The summed E-state index contributed by atoms with van der Waals surface area (Å²) in [4.78, 5) is 24.3. The molecule has 9 heteroatoms. The number of H-pyrrole nitrogens is 2. The fourth-order valence-corrected chi connectivity index (χ4v) is 3.34. The van der Waals surface area contributed by atoms with Crippen molar-refractivity contribution in [1.29, 1.82) is 0 Å². The molecular weight excluding hydrogens is 384 g/mol. The summed E-state index contributed by atoms with van der Waals surface area (Å²) in [6.07, 6.45) is 5.42. The predicted octanol–water partition coefficient (Wildman–Crippen LogP) is 2.96. The fraction of sp³-hybridized carbons (Fsp3) is 0.429. The van der Waals surface area contributed by atoms with Crippen LogP contribution in [0.5, 0.6) is 0 Å². The van der Waals surface area contributed by atoms with E-state index in [4.69, 9.17) is 4.74 Å². The van der Waals surface area contributed by atoms with Crippen LogP contribution < -0.4 is 4.90 Å². The molecule has 0 aliphatic carbocycles. The molecule has 0 spiro atoms. The number of aliphatic carboxylic acids is 1. The minimum Gasteiger partial charge on any atom is -0.481 e. The van der Waals surface area contributed by atoms with Crippen LogP contribution in [0.15, 0.2) is 36.7 Å². The van der Waals surface area contributed by atoms with Gasteiger partial charge in [-0.25, -0.2) is 4.98 Å². The number of aromatic nitrogens is 5. The summed E-state index contributed by atoms with van der Waals surface area (Å²) in [5, 5.41) is 17.6. The third kappa shape index (κ3) is 4.35. The zero-order valence-electron chi connectivity index (χ0n) is 17.1. The fourth-order valence-electron chi connectivity index (χ4n) is 3.34. The second-order valence-electron chi connectivity index (χ2n) is 8.20. The quantitative estimate of drug-likeness (QED) is 0.548. The van der Waals surface area contributed by atoms with E-state index < -0.39 is 11.4 Å². The van der Waals surface area contributed by atoms with Gasteiger partial charge in [0.1, 0.15) is 5.82 Å². The second kappa shape index (κ2) is 8.27. The lowest BCUT2D eigenvalue weighted by molar-refractivity contribution is -0.152. The first-order valence-electron chi connectivity index (χ1n) is 10.1. The number of hydrogen-bond acceptors (Lipinski definition) is 6. The molecule has 3 aromatic rings. The average molecular weight is 410 g/mol. The van der Waals surface area contributed by atoms with Crippen molar-refractivity contribution in [1.82, 2.24) is 25.1 Å². The molecule has 1 aliphatic heterocycles. The Kier molecular flexibility index (Phi) is 5.54. The first-order chi connectivity index (χ1) is 14.4. The van der Waals surface area contributed by atoms with E-state index in [0.717, 1.165) is 43.0 Å². The Morgan fingerprint density at radius 1 is 1.23 bits per heavy atom. The van der Waals surface area contributed by atoms with E-state index in [1.807, 2.05) is 30.5 Å². The Labute approximate surface area is 174 Å². The SMILES string of the molecule is CC(C)(COC1CCN(c2ccc(-c3nnc(-c4ccc[nH]4)[nH]3)cn2)CC1)C(=O)O. The minimum absolute atomic E-state index is 0.0831. The number of anilines is 1. The van der Waals surface area contributed by atoms with E-state index in [1.165, 1.54) is 0 Å². The first-order valence-corrected chi connectivity index (χ1v) is 10.1. The van der Waals surface area contributed by atoms with Crippen molar-refractivity contribution in [3.63, 3.8) is 0 Å². The summed E-state index contributed by atoms with van der Waals surface area (Å²) < 4.78 is 5.85. The molecule has 4 heterocycles. The number of nitrogens with zero attached hydrogens (tertiary/aromatic N) is 4. The van der Waals surface area contributed by atoms with Crippen molar-refractivity contribution in [3.8, 4) is 22.9 Å². The number of carboxylic acid groups (broad SMARTS) is 1. The van der Waals surface area contributed by atoms with E-state index in [0.29, 0.717) is 11.6 Å². The van der Waals surface area contributed by atoms with Crippen molar-refractivity contribution in [2.75, 3.05) is 24.6 Å². The van der Waals surface area contributed by atoms with Gasteiger partial charge >= 0.3 is 5.97 Å². The highest BCUT2D eigenvalue weighted by molar-refractivity contribution is 5.73. The molecule has 9 nitrogen and oxygen atoms in total. The standard InChI is InChI=1S/C21H26N6O3/c1-21(2,20(28)29)13-30-15-7-10-27(11-8-15)17-6-5-14(12-23-17)18-24-19(26-25-18)16-4-3-9-22-16/h3-6,9,12,15,22H,7-8,10-11,13H2,1-2H3,(H,28,29)(H,24,25,26). The maximum Gasteiger partial charge on any atom is 0.311 e. The van der Waals surface area contributed by atoms with Crippen molar-refractivity contribution >= 4 is 11.8 Å². The topological polar surface area (TPSA) is 120 Å². The van der Waals surface area contributed by atoms with Crippen LogP contribution in [0.25, 0.3) is 22.9 Å². The average Bonchev–Trinajstić information content (AvgIpc) is 3.45. The molecule has 0 unspecified atom stereocenters. The molecule has 1 saturated heterocycles. The molecular formula is C21H26N6O3. The van der Waals surface area contributed by atoms with Crippen molar-refractivity contribution in [3.05, 3.63) is 36.7 Å². The van der Waals surface area contributed by atoms with Crippen LogP contribution in [0.1, 0.15) is 26.7 Å². The van der Waals surface area contributed by atoms with Gasteiger partial charge in [-0.15, -0.1) is 10.2 Å². The lowest BCUT2D eigenvalue weighted by Crippen LogP contribution is -2.39. The Morgan fingerprint density at radius 2 is 2.00 bits per heavy atom. The number of aromatic amines is 2. The van der Waals surface area contributed by atoms with Gasteiger partial charge in [0.2, 0.25) is 0 Å². The molecule has 1 aliphatic rings. The summed E-state index contributed by atoms with van der Waals surface area (Å²) in [6, 6.07) is 7.82. The third-order valence-electron chi connectivity index (χ3n) is 5.39. The number of ether oxygens (including phenoxy) is 1. The molecule has 158 valence electrons. The Morgan fingerprint density at radius 3 is 2.63 bits per heavy atom. The summed E-state index contributed by atoms with van der Waals surface area (Å²) >= 11 is 0. The van der Waals surface area contributed by atoms with Crippen LogP contribution in [-0.4, -0.2) is 62.0 Å². The van der Waals surface area contributed by atoms with Gasteiger partial charge in [-0.3, -0.25) is 4.79 Å². The van der Waals surface area contributed by atoms with Gasteiger partial charge in [-0.1, -0.05) is 0 Å². The summed E-state index contributed by atoms with van der Waals surface area (Å²) in [7, 11) is 0. The lowest BCUT2D eigenvalue weighted by Gasteiger charge is -2.34. The molecule has 0 atom stereocenters. The normalized spacial score (nSPS) is 15.5. The zero-order chi connectivity index (χ0) is 21.1. The number of piperidine rings is 1. The monoisotopic (exact) mass is 410 g/mol. The summed E-state index contributed by atoms with van der Waals surface area (Å²) in [5.41, 5.74) is 0.893. The van der Waals surface area contributed by atoms with Crippen LogP contribution in [0.2, 0.25) is 0 Å². The predicted molar refractivity (Wildman–Crippen MR) is 112 cm³/mol. The second-order valence-corrected chi connectivity index (χ2v) is 8.20. The van der Waals surface area contributed by atoms with Crippen molar-refractivity contribution in [2.45, 2.75) is 32.8 Å². The minimum atomic E-state index is -0.865. The van der Waals surface area contributed by atoms with Gasteiger partial charge in [-0.2, -0.15) is 0 Å². The highest BCUT2D eigenvalue weighted by Crippen LogP contribution is 2.25. The van der Waals surface area contributed by atoms with Gasteiger partial charge < -0.3 is 24.7 Å². The largest absolute Gasteiger partial charge is 0.481 e. The number of rotatable bonds is 7. The molecule has 30 heavy (non-hydrogen) atoms. The van der Waals surface area contributed by atoms with Crippen LogP contribution in [-0.2, 0) is 9.53 Å². The highest BCUT2D eigenvalue weighted by atomic mass is 16.5. The van der Waals surface area contributed by atoms with Gasteiger partial charge in [0.15, 0.2) is 11.6 Å². The summed E-state index contributed by atoms with van der Waals surface area (Å²) in [6.45, 7) is 5.24. The van der Waals surface area contributed by atoms with Crippen molar-refractivity contribution < 1.29 is 14.6 Å². The van der Waals surface area contributed by atoms with Crippen LogP contribution in [0.3, 0.4) is 0 Å². The number of pyridine rings is 1.